The van der Waals surface area contributed by atoms with Crippen LogP contribution in [0.15, 0.2) is 168 Å². The van der Waals surface area contributed by atoms with Gasteiger partial charge in [-0.2, -0.15) is 13.5 Å². The molecule has 0 radical (unpaired) electrons. The Bertz CT molecular complexity index is 2960. The van der Waals surface area contributed by atoms with Crippen LogP contribution in [0.5, 0.6) is 0 Å². The van der Waals surface area contributed by atoms with Crippen molar-refractivity contribution in [3.63, 3.8) is 0 Å². The number of furan rings is 1. The fourth-order valence-corrected chi connectivity index (χ4v) is 7.83. The van der Waals surface area contributed by atoms with E-state index >= 15 is 0 Å². The van der Waals surface area contributed by atoms with Crippen LogP contribution in [0.4, 0.5) is 0 Å². The fraction of sp³-hybridized carbons (Fsp3) is 0.0208. The first-order chi connectivity index (χ1) is 25.8. The molecule has 254 valence electrons. The van der Waals surface area contributed by atoms with Crippen LogP contribution in [-0.4, -0.2) is 14.1 Å². The fourth-order valence-electron chi connectivity index (χ4n) is 7.83. The molecule has 4 aromatic heterocycles. The predicted octanol–water partition coefficient (Wildman–Crippen LogP) is 13.0. The average molecular weight is 702 g/mol. The highest BCUT2D eigenvalue weighted by Gasteiger charge is 2.19. The largest absolute Gasteiger partial charge is 0.455 e. The van der Waals surface area contributed by atoms with Crippen molar-refractivity contribution in [3.05, 3.63) is 181 Å². The Balaban J connectivity index is 0.00000372. The molecule has 0 aliphatic carbocycles. The van der Waals surface area contributed by atoms with Gasteiger partial charge in [0.1, 0.15) is 11.2 Å². The number of para-hydroxylation sites is 4. The molecule has 0 unspecified atom stereocenters. The number of fused-ring (bicyclic) bond motifs is 7. The van der Waals surface area contributed by atoms with E-state index in [4.69, 9.17) is 4.42 Å². The third-order valence-electron chi connectivity index (χ3n) is 10.1. The number of hydrogen-bond donors (Lipinski definition) is 0. The topological polar surface area (TPSA) is 35.9 Å². The van der Waals surface area contributed by atoms with Crippen molar-refractivity contribution in [3.8, 4) is 22.6 Å². The van der Waals surface area contributed by atoms with Gasteiger partial charge >= 0.3 is 0 Å². The van der Waals surface area contributed by atoms with Crippen molar-refractivity contribution in [1.82, 2.24) is 14.1 Å². The van der Waals surface area contributed by atoms with E-state index < -0.39 is 0 Å². The van der Waals surface area contributed by atoms with Crippen molar-refractivity contribution >= 4 is 86.4 Å². The first kappa shape index (κ1) is 32.4. The molecule has 6 aromatic carbocycles. The minimum atomic E-state index is 0. The van der Waals surface area contributed by atoms with Crippen LogP contribution in [0.25, 0.3) is 95.5 Å². The Labute approximate surface area is 314 Å². The second-order valence-electron chi connectivity index (χ2n) is 13.1. The molecule has 4 heterocycles. The van der Waals surface area contributed by atoms with E-state index in [0.717, 1.165) is 72.3 Å². The minimum Gasteiger partial charge on any atom is -0.455 e. The van der Waals surface area contributed by atoms with Crippen molar-refractivity contribution in [2.45, 2.75) is 6.92 Å². The molecular formula is C48H35N3OS. The summed E-state index contributed by atoms with van der Waals surface area (Å²) >= 11 is 0. The van der Waals surface area contributed by atoms with E-state index in [2.05, 4.69) is 167 Å². The van der Waals surface area contributed by atoms with E-state index in [1.165, 1.54) is 21.8 Å². The lowest BCUT2D eigenvalue weighted by molar-refractivity contribution is 0.668. The third-order valence-corrected chi connectivity index (χ3v) is 10.1. The molecular weight excluding hydrogens is 667 g/mol. The van der Waals surface area contributed by atoms with Gasteiger partial charge < -0.3 is 13.6 Å². The predicted molar refractivity (Wildman–Crippen MR) is 229 cm³/mol. The van der Waals surface area contributed by atoms with Gasteiger partial charge in [0.05, 0.1) is 27.9 Å². The van der Waals surface area contributed by atoms with Crippen LogP contribution < -0.4 is 0 Å². The second-order valence-corrected chi connectivity index (χ2v) is 13.1. The molecule has 53 heavy (non-hydrogen) atoms. The van der Waals surface area contributed by atoms with Crippen molar-refractivity contribution in [2.24, 2.45) is 0 Å². The molecule has 0 saturated heterocycles. The lowest BCUT2D eigenvalue weighted by atomic mass is 10.1. The standard InChI is InChI=1S/C48H33N3O.H2S/c1-2-12-43-38(28-24-33-13-11-17-40-39-16-5-8-21-47(39)52-48(33)40)41-31-35(51-44-19-6-3-14-36(44)37-15-4-7-20-45(37)51)27-29-46(41)50(43)34-25-22-32(23-26-34)42-18-9-10-30-49-42;/h2-31H,1H3;1H2/b12-2-,28-24+;. The molecule has 4 nitrogen and oxygen atoms in total. The number of rotatable bonds is 6. The number of nitrogens with zero attached hydrogens (tertiary/aromatic N) is 3. The van der Waals surface area contributed by atoms with Crippen LogP contribution >= 0.6 is 13.5 Å². The summed E-state index contributed by atoms with van der Waals surface area (Å²) in [5, 5.41) is 5.91. The molecule has 0 aliphatic rings. The lowest BCUT2D eigenvalue weighted by Gasteiger charge is -2.11. The molecule has 0 aliphatic heterocycles. The summed E-state index contributed by atoms with van der Waals surface area (Å²) in [6, 6.07) is 53.6. The summed E-state index contributed by atoms with van der Waals surface area (Å²) in [5.41, 5.74) is 12.8. The van der Waals surface area contributed by atoms with Gasteiger partial charge in [-0.15, -0.1) is 0 Å². The first-order valence-electron chi connectivity index (χ1n) is 17.7. The number of pyridine rings is 1. The van der Waals surface area contributed by atoms with Crippen LogP contribution in [0, 0.1) is 0 Å². The third kappa shape index (κ3) is 5.28. The Morgan fingerprint density at radius 3 is 1.92 bits per heavy atom. The highest BCUT2D eigenvalue weighted by Crippen LogP contribution is 2.38. The van der Waals surface area contributed by atoms with E-state index in [9.17, 15) is 0 Å². The maximum atomic E-state index is 6.43. The SMILES string of the molecule is C/C=C\c1c(/C=C/c2cccc3c2oc2ccccc23)c2cc(-n3c4ccccc4c4ccccc43)ccc2n1-c1ccc(-c2ccccn2)cc1.S. The number of allylic oxidation sites excluding steroid dienone is 1. The van der Waals surface area contributed by atoms with Gasteiger partial charge in [-0.25, -0.2) is 0 Å². The molecule has 10 aromatic rings. The van der Waals surface area contributed by atoms with Crippen molar-refractivity contribution < 1.29 is 4.42 Å². The molecule has 0 N–H and O–H groups in total. The Kier molecular flexibility index (Phi) is 8.06. The maximum Gasteiger partial charge on any atom is 0.142 e. The molecule has 0 amide bonds. The summed E-state index contributed by atoms with van der Waals surface area (Å²) in [6.45, 7) is 2.08. The van der Waals surface area contributed by atoms with Crippen LogP contribution in [0.2, 0.25) is 0 Å². The molecule has 0 atom stereocenters. The Hall–Kier alpha value is -6.56. The highest BCUT2D eigenvalue weighted by atomic mass is 32.1. The summed E-state index contributed by atoms with van der Waals surface area (Å²) in [6.07, 6.45) is 10.6. The zero-order valence-electron chi connectivity index (χ0n) is 29.1. The summed E-state index contributed by atoms with van der Waals surface area (Å²) in [7, 11) is 0. The number of benzene rings is 6. The zero-order chi connectivity index (χ0) is 34.6. The van der Waals surface area contributed by atoms with Crippen LogP contribution in [-0.2, 0) is 0 Å². The molecule has 0 spiro atoms. The normalized spacial score (nSPS) is 11.9. The van der Waals surface area contributed by atoms with Crippen molar-refractivity contribution in [2.75, 3.05) is 0 Å². The first-order valence-corrected chi connectivity index (χ1v) is 17.7. The summed E-state index contributed by atoms with van der Waals surface area (Å²) in [4.78, 5) is 4.58. The molecule has 10 rings (SSSR count). The van der Waals surface area contributed by atoms with Gasteiger partial charge in [0.2, 0.25) is 0 Å². The average Bonchev–Trinajstić information content (AvgIpc) is 3.85. The van der Waals surface area contributed by atoms with E-state index in [1.54, 1.807) is 0 Å². The van der Waals surface area contributed by atoms with Crippen molar-refractivity contribution in [1.29, 1.82) is 0 Å². The van der Waals surface area contributed by atoms with Gasteiger partial charge in [0.25, 0.3) is 0 Å². The van der Waals surface area contributed by atoms with Gasteiger partial charge in [-0.05, 0) is 73.7 Å². The lowest BCUT2D eigenvalue weighted by Crippen LogP contribution is -1.98. The smallest absolute Gasteiger partial charge is 0.142 e. The molecule has 0 bridgehead atoms. The van der Waals surface area contributed by atoms with Crippen LogP contribution in [0.1, 0.15) is 23.7 Å². The molecule has 5 heteroatoms. The van der Waals surface area contributed by atoms with Crippen LogP contribution in [0.3, 0.4) is 0 Å². The Morgan fingerprint density at radius 2 is 1.19 bits per heavy atom. The zero-order valence-corrected chi connectivity index (χ0v) is 30.1. The van der Waals surface area contributed by atoms with E-state index in [-0.39, 0.29) is 13.5 Å². The van der Waals surface area contributed by atoms with E-state index in [1.807, 2.05) is 36.5 Å². The quantitative estimate of drug-likeness (QED) is 0.173. The van der Waals surface area contributed by atoms with E-state index in [0.29, 0.717) is 0 Å². The summed E-state index contributed by atoms with van der Waals surface area (Å²) < 4.78 is 11.2. The molecule has 0 fully saturated rings. The highest BCUT2D eigenvalue weighted by molar-refractivity contribution is 7.59. The summed E-state index contributed by atoms with van der Waals surface area (Å²) in [5.74, 6) is 0. The second kappa shape index (κ2) is 13.2. The maximum absolute atomic E-state index is 6.43. The number of aromatic nitrogens is 3. The van der Waals surface area contributed by atoms with Gasteiger partial charge in [0.15, 0.2) is 0 Å². The monoisotopic (exact) mass is 701 g/mol. The Morgan fingerprint density at radius 1 is 0.528 bits per heavy atom. The van der Waals surface area contributed by atoms with Gasteiger partial charge in [-0.1, -0.05) is 109 Å². The minimum absolute atomic E-state index is 0. The van der Waals surface area contributed by atoms with Gasteiger partial charge in [-0.3, -0.25) is 4.98 Å². The molecule has 0 saturated carbocycles. The number of hydrogen-bond acceptors (Lipinski definition) is 2. The van der Waals surface area contributed by atoms with Gasteiger partial charge in [0, 0.05) is 61.2 Å².